The Morgan fingerprint density at radius 3 is 2.54 bits per heavy atom. The normalized spacial score (nSPS) is 10.3. The predicted molar refractivity (Wildman–Crippen MR) is 103 cm³/mol. The van der Waals surface area contributed by atoms with Gasteiger partial charge in [-0.3, -0.25) is 14.8 Å². The van der Waals surface area contributed by atoms with Gasteiger partial charge in [0, 0.05) is 31.2 Å². The van der Waals surface area contributed by atoms with Crippen LogP contribution in [0.3, 0.4) is 0 Å². The van der Waals surface area contributed by atoms with Gasteiger partial charge in [0.1, 0.15) is 5.69 Å². The molecule has 5 nitrogen and oxygen atoms in total. The fourth-order valence-corrected chi connectivity index (χ4v) is 2.69. The average molecular weight is 346 g/mol. The van der Waals surface area contributed by atoms with Crippen molar-refractivity contribution in [2.24, 2.45) is 0 Å². The van der Waals surface area contributed by atoms with Crippen LogP contribution in [-0.2, 0) is 13.1 Å². The van der Waals surface area contributed by atoms with Gasteiger partial charge in [-0.2, -0.15) is 0 Å². The van der Waals surface area contributed by atoms with E-state index in [1.54, 1.807) is 12.4 Å². The third-order valence-electron chi connectivity index (χ3n) is 4.10. The second-order valence-corrected chi connectivity index (χ2v) is 5.90. The summed E-state index contributed by atoms with van der Waals surface area (Å²) in [5, 5.41) is 2.87. The van der Waals surface area contributed by atoms with E-state index < -0.39 is 0 Å². The zero-order chi connectivity index (χ0) is 18.2. The first-order chi connectivity index (χ1) is 12.8. The summed E-state index contributed by atoms with van der Waals surface area (Å²) in [6.07, 6.45) is 3.39. The molecule has 1 amide bonds. The van der Waals surface area contributed by atoms with Gasteiger partial charge in [0.05, 0.1) is 12.2 Å². The van der Waals surface area contributed by atoms with E-state index >= 15 is 0 Å². The molecule has 1 N–H and O–H groups in total. The number of benzene rings is 1. The molecule has 3 aromatic rings. The highest BCUT2D eigenvalue weighted by atomic mass is 16.1. The number of nitrogens with one attached hydrogen (secondary N) is 1. The van der Waals surface area contributed by atoms with Crippen LogP contribution < -0.4 is 10.2 Å². The number of nitrogens with zero attached hydrogens (tertiary/aromatic N) is 3. The van der Waals surface area contributed by atoms with E-state index in [4.69, 9.17) is 0 Å². The van der Waals surface area contributed by atoms with E-state index in [-0.39, 0.29) is 5.91 Å². The maximum Gasteiger partial charge on any atom is 0.270 e. The lowest BCUT2D eigenvalue weighted by Crippen LogP contribution is -2.26. The maximum atomic E-state index is 12.4. The Morgan fingerprint density at radius 2 is 1.81 bits per heavy atom. The number of hydrogen-bond acceptors (Lipinski definition) is 4. The highest BCUT2D eigenvalue weighted by Gasteiger charge is 2.11. The van der Waals surface area contributed by atoms with Crippen LogP contribution in [-0.4, -0.2) is 22.4 Å². The molecular weight excluding hydrogens is 324 g/mol. The van der Waals surface area contributed by atoms with Gasteiger partial charge in [-0.15, -0.1) is 0 Å². The molecule has 0 aliphatic heterocycles. The molecule has 0 spiro atoms. The largest absolute Gasteiger partial charge is 0.367 e. The third-order valence-corrected chi connectivity index (χ3v) is 4.10. The van der Waals surface area contributed by atoms with Crippen LogP contribution in [0.4, 0.5) is 5.69 Å². The third kappa shape index (κ3) is 4.66. The molecule has 0 aliphatic rings. The van der Waals surface area contributed by atoms with Crippen molar-refractivity contribution in [3.63, 3.8) is 0 Å². The number of amides is 1. The molecule has 0 unspecified atom stereocenters. The Hall–Kier alpha value is -3.21. The summed E-state index contributed by atoms with van der Waals surface area (Å²) in [6.45, 7) is 4.11. The molecule has 26 heavy (non-hydrogen) atoms. The molecule has 2 aromatic heterocycles. The first kappa shape index (κ1) is 17.6. The molecule has 132 valence electrons. The van der Waals surface area contributed by atoms with E-state index in [9.17, 15) is 4.79 Å². The van der Waals surface area contributed by atoms with Crippen molar-refractivity contribution in [3.05, 3.63) is 90.0 Å². The summed E-state index contributed by atoms with van der Waals surface area (Å²) < 4.78 is 0. The van der Waals surface area contributed by atoms with E-state index in [0.29, 0.717) is 12.2 Å². The monoisotopic (exact) mass is 346 g/mol. The molecule has 0 saturated heterocycles. The minimum atomic E-state index is -0.201. The minimum Gasteiger partial charge on any atom is -0.367 e. The molecule has 0 aliphatic carbocycles. The van der Waals surface area contributed by atoms with Gasteiger partial charge in [-0.25, -0.2) is 0 Å². The van der Waals surface area contributed by atoms with Crippen molar-refractivity contribution in [2.45, 2.75) is 20.0 Å². The molecule has 5 heteroatoms. The lowest BCUT2D eigenvalue weighted by molar-refractivity contribution is 0.0945. The van der Waals surface area contributed by atoms with Gasteiger partial charge in [0.25, 0.3) is 5.91 Å². The van der Waals surface area contributed by atoms with Gasteiger partial charge in [0.2, 0.25) is 0 Å². The molecule has 0 fully saturated rings. The Bertz CT molecular complexity index is 837. The van der Waals surface area contributed by atoms with Crippen LogP contribution in [0.15, 0.2) is 73.1 Å². The average Bonchev–Trinajstić information content (AvgIpc) is 2.72. The standard InChI is InChI=1S/C21H22N4O/c1-2-25(16-17-8-4-3-5-9-17)19-11-13-23-20(14-19)21(26)24-15-18-10-6-7-12-22-18/h3-14H,2,15-16H2,1H3,(H,24,26). The minimum absolute atomic E-state index is 0.201. The Kier molecular flexibility index (Phi) is 5.93. The van der Waals surface area contributed by atoms with E-state index in [1.807, 2.05) is 48.5 Å². The van der Waals surface area contributed by atoms with Crippen molar-refractivity contribution in [1.29, 1.82) is 0 Å². The van der Waals surface area contributed by atoms with Crippen LogP contribution in [0.5, 0.6) is 0 Å². The summed E-state index contributed by atoms with van der Waals surface area (Å²) >= 11 is 0. The quantitative estimate of drug-likeness (QED) is 0.712. The van der Waals surface area contributed by atoms with Crippen molar-refractivity contribution in [1.82, 2.24) is 15.3 Å². The van der Waals surface area contributed by atoms with Crippen molar-refractivity contribution in [2.75, 3.05) is 11.4 Å². The predicted octanol–water partition coefficient (Wildman–Crippen LogP) is 3.43. The maximum absolute atomic E-state index is 12.4. The zero-order valence-electron chi connectivity index (χ0n) is 14.8. The van der Waals surface area contributed by atoms with Gasteiger partial charge in [0.15, 0.2) is 0 Å². The van der Waals surface area contributed by atoms with Gasteiger partial charge >= 0.3 is 0 Å². The van der Waals surface area contributed by atoms with E-state index in [2.05, 4.69) is 39.2 Å². The molecule has 0 radical (unpaired) electrons. The van der Waals surface area contributed by atoms with Crippen LogP contribution in [0.25, 0.3) is 0 Å². The second-order valence-electron chi connectivity index (χ2n) is 5.90. The second kappa shape index (κ2) is 8.76. The SMILES string of the molecule is CCN(Cc1ccccc1)c1ccnc(C(=O)NCc2ccccn2)c1. The van der Waals surface area contributed by atoms with Crippen molar-refractivity contribution < 1.29 is 4.79 Å². The molecule has 0 atom stereocenters. The van der Waals surface area contributed by atoms with Crippen molar-refractivity contribution in [3.8, 4) is 0 Å². The molecule has 0 saturated carbocycles. The zero-order valence-corrected chi connectivity index (χ0v) is 14.8. The number of rotatable bonds is 7. The Morgan fingerprint density at radius 1 is 1.00 bits per heavy atom. The van der Waals surface area contributed by atoms with Crippen LogP contribution in [0, 0.1) is 0 Å². The Balaban J connectivity index is 1.69. The van der Waals surface area contributed by atoms with E-state index in [1.165, 1.54) is 5.56 Å². The first-order valence-electron chi connectivity index (χ1n) is 8.69. The highest BCUT2D eigenvalue weighted by Crippen LogP contribution is 2.17. The number of hydrogen-bond donors (Lipinski definition) is 1. The fraction of sp³-hybridized carbons (Fsp3) is 0.190. The number of carbonyl (C=O) groups is 1. The summed E-state index contributed by atoms with van der Waals surface area (Å²) in [5.41, 5.74) is 3.43. The molecule has 3 rings (SSSR count). The fourth-order valence-electron chi connectivity index (χ4n) is 2.69. The molecule has 1 aromatic carbocycles. The van der Waals surface area contributed by atoms with Crippen LogP contribution in [0.2, 0.25) is 0 Å². The number of aromatic nitrogens is 2. The summed E-state index contributed by atoms with van der Waals surface area (Å²) in [5.74, 6) is -0.201. The molecule has 2 heterocycles. The summed E-state index contributed by atoms with van der Waals surface area (Å²) in [6, 6.07) is 19.7. The lowest BCUT2D eigenvalue weighted by Gasteiger charge is -2.23. The topological polar surface area (TPSA) is 58.1 Å². The first-order valence-corrected chi connectivity index (χ1v) is 8.69. The summed E-state index contributed by atoms with van der Waals surface area (Å²) in [4.78, 5) is 23.1. The highest BCUT2D eigenvalue weighted by molar-refractivity contribution is 5.93. The van der Waals surface area contributed by atoms with Crippen LogP contribution in [0.1, 0.15) is 28.7 Å². The number of carbonyl (C=O) groups excluding carboxylic acids is 1. The Labute approximate surface area is 153 Å². The lowest BCUT2D eigenvalue weighted by atomic mass is 10.2. The van der Waals surface area contributed by atoms with Gasteiger partial charge in [-0.1, -0.05) is 36.4 Å². The smallest absolute Gasteiger partial charge is 0.270 e. The summed E-state index contributed by atoms with van der Waals surface area (Å²) in [7, 11) is 0. The van der Waals surface area contributed by atoms with Crippen LogP contribution >= 0.6 is 0 Å². The van der Waals surface area contributed by atoms with E-state index in [0.717, 1.165) is 24.5 Å². The molecular formula is C21H22N4O. The van der Waals surface area contributed by atoms with Gasteiger partial charge < -0.3 is 10.2 Å². The molecule has 0 bridgehead atoms. The number of anilines is 1. The number of pyridine rings is 2. The van der Waals surface area contributed by atoms with Gasteiger partial charge in [-0.05, 0) is 36.8 Å². The van der Waals surface area contributed by atoms with Crippen molar-refractivity contribution >= 4 is 11.6 Å².